The second kappa shape index (κ2) is 7.36. The van der Waals surface area contributed by atoms with Crippen molar-refractivity contribution in [3.05, 3.63) is 70.9 Å². The molecule has 3 rings (SSSR count). The van der Waals surface area contributed by atoms with E-state index in [-0.39, 0.29) is 0 Å². The third-order valence-electron chi connectivity index (χ3n) is 4.45. The number of hydrogen-bond acceptors (Lipinski definition) is 2. The lowest BCUT2D eigenvalue weighted by Gasteiger charge is -2.30. The summed E-state index contributed by atoms with van der Waals surface area (Å²) in [4.78, 5) is 2.52. The molecule has 0 fully saturated rings. The van der Waals surface area contributed by atoms with E-state index in [1.54, 1.807) is 7.11 Å². The van der Waals surface area contributed by atoms with Gasteiger partial charge in [-0.2, -0.15) is 0 Å². The van der Waals surface area contributed by atoms with Crippen LogP contribution in [0.25, 0.3) is 6.08 Å². The first-order chi connectivity index (χ1) is 11.3. The minimum Gasteiger partial charge on any atom is -0.496 e. The van der Waals surface area contributed by atoms with Gasteiger partial charge in [-0.05, 0) is 42.5 Å². The fourth-order valence-electron chi connectivity index (χ4n) is 3.30. The average Bonchev–Trinajstić information content (AvgIpc) is 2.61. The number of rotatable bonds is 6. The van der Waals surface area contributed by atoms with E-state index in [9.17, 15) is 0 Å². The van der Waals surface area contributed by atoms with Gasteiger partial charge < -0.3 is 9.64 Å². The van der Waals surface area contributed by atoms with Gasteiger partial charge in [0.2, 0.25) is 0 Å². The number of aryl methyl sites for hydroxylation is 1. The lowest BCUT2D eigenvalue weighted by molar-refractivity contribution is 0.326. The second-order valence-corrected chi connectivity index (χ2v) is 6.08. The topological polar surface area (TPSA) is 12.5 Å². The molecule has 0 unspecified atom stereocenters. The quantitative estimate of drug-likeness (QED) is 0.753. The van der Waals surface area contributed by atoms with Crippen LogP contribution in [0.5, 0.6) is 5.75 Å². The van der Waals surface area contributed by atoms with E-state index in [2.05, 4.69) is 66.4 Å². The zero-order chi connectivity index (χ0) is 16.1. The van der Waals surface area contributed by atoms with Crippen LogP contribution in [-0.2, 0) is 13.0 Å². The molecule has 2 aromatic rings. The number of fused-ring (bicyclic) bond motifs is 1. The highest BCUT2D eigenvalue weighted by Gasteiger charge is 2.18. The van der Waals surface area contributed by atoms with Crippen molar-refractivity contribution in [2.24, 2.45) is 0 Å². The van der Waals surface area contributed by atoms with E-state index in [1.807, 2.05) is 0 Å². The van der Waals surface area contributed by atoms with Gasteiger partial charge in [-0.15, -0.1) is 0 Å². The summed E-state index contributed by atoms with van der Waals surface area (Å²) in [5.41, 5.74) is 5.44. The Labute approximate surface area is 139 Å². The van der Waals surface area contributed by atoms with E-state index in [1.165, 1.54) is 22.4 Å². The molecule has 1 aliphatic carbocycles. The van der Waals surface area contributed by atoms with Crippen LogP contribution in [0.15, 0.2) is 54.2 Å². The first-order valence-electron chi connectivity index (χ1n) is 8.47. The zero-order valence-electron chi connectivity index (χ0n) is 14.1. The Hall–Kier alpha value is -2.22. The van der Waals surface area contributed by atoms with E-state index in [0.29, 0.717) is 0 Å². The van der Waals surface area contributed by atoms with Gasteiger partial charge in [-0.25, -0.2) is 0 Å². The first-order valence-corrected chi connectivity index (χ1v) is 8.47. The molecule has 2 heteroatoms. The molecule has 23 heavy (non-hydrogen) atoms. The molecule has 0 aliphatic heterocycles. The Balaban J connectivity index is 1.89. The van der Waals surface area contributed by atoms with Crippen LogP contribution < -0.4 is 4.74 Å². The molecule has 0 radical (unpaired) electrons. The number of hydrogen-bond donors (Lipinski definition) is 0. The zero-order valence-corrected chi connectivity index (χ0v) is 14.1. The molecule has 0 N–H and O–H groups in total. The molecule has 0 spiro atoms. The van der Waals surface area contributed by atoms with Crippen LogP contribution in [0, 0.1) is 0 Å². The standard InChI is InChI=1S/C21H25NO/c1-3-14-22(16-17-8-5-4-6-9-17)19-13-12-18-10-7-11-21(23-2)20(18)15-19/h4-11,15H,3,12-14,16H2,1-2H3. The molecule has 0 aromatic heterocycles. The summed E-state index contributed by atoms with van der Waals surface area (Å²) in [7, 11) is 1.76. The van der Waals surface area contributed by atoms with E-state index in [4.69, 9.17) is 4.74 Å². The van der Waals surface area contributed by atoms with Gasteiger partial charge in [-0.1, -0.05) is 49.4 Å². The molecular formula is C21H25NO. The molecule has 0 bridgehead atoms. The van der Waals surface area contributed by atoms with Gasteiger partial charge in [0.15, 0.2) is 0 Å². The first kappa shape index (κ1) is 15.7. The normalized spacial score (nSPS) is 13.2. The highest BCUT2D eigenvalue weighted by Crippen LogP contribution is 2.33. The minimum absolute atomic E-state index is 0.977. The summed E-state index contributed by atoms with van der Waals surface area (Å²) in [5, 5.41) is 0. The van der Waals surface area contributed by atoms with E-state index < -0.39 is 0 Å². The molecule has 2 aromatic carbocycles. The molecule has 0 heterocycles. The number of nitrogens with zero attached hydrogens (tertiary/aromatic N) is 1. The average molecular weight is 307 g/mol. The predicted molar refractivity (Wildman–Crippen MR) is 96.4 cm³/mol. The van der Waals surface area contributed by atoms with Crippen molar-refractivity contribution in [2.45, 2.75) is 32.7 Å². The maximum absolute atomic E-state index is 5.56. The van der Waals surface area contributed by atoms with Crippen molar-refractivity contribution in [1.82, 2.24) is 4.90 Å². The fraction of sp³-hybridized carbons (Fsp3) is 0.333. The molecule has 0 saturated heterocycles. The predicted octanol–water partition coefficient (Wildman–Crippen LogP) is 4.89. The third kappa shape index (κ3) is 3.58. The summed E-state index contributed by atoms with van der Waals surface area (Å²) < 4.78 is 5.56. The van der Waals surface area contributed by atoms with Crippen LogP contribution in [0.1, 0.15) is 36.5 Å². The Bertz CT molecular complexity index is 675. The monoisotopic (exact) mass is 307 g/mol. The summed E-state index contributed by atoms with van der Waals surface area (Å²) in [5.74, 6) is 0.982. The summed E-state index contributed by atoms with van der Waals surface area (Å²) in [6, 6.07) is 17.1. The second-order valence-electron chi connectivity index (χ2n) is 6.08. The van der Waals surface area contributed by atoms with E-state index >= 15 is 0 Å². The van der Waals surface area contributed by atoms with Crippen molar-refractivity contribution < 1.29 is 4.74 Å². The Morgan fingerprint density at radius 3 is 2.57 bits per heavy atom. The fourth-order valence-corrected chi connectivity index (χ4v) is 3.30. The molecule has 1 aliphatic rings. The SMILES string of the molecule is CCCN(Cc1ccccc1)C1=Cc2c(cccc2OC)CC1. The van der Waals surface area contributed by atoms with Gasteiger partial charge in [0.05, 0.1) is 7.11 Å². The Morgan fingerprint density at radius 1 is 1.00 bits per heavy atom. The number of allylic oxidation sites excluding steroid dienone is 1. The largest absolute Gasteiger partial charge is 0.496 e. The van der Waals surface area contributed by atoms with Crippen LogP contribution in [0.3, 0.4) is 0 Å². The molecule has 2 nitrogen and oxygen atoms in total. The minimum atomic E-state index is 0.977. The van der Waals surface area contributed by atoms with Crippen molar-refractivity contribution in [3.8, 4) is 5.75 Å². The summed E-state index contributed by atoms with van der Waals surface area (Å²) in [6.45, 7) is 4.31. The maximum atomic E-state index is 5.56. The summed E-state index contributed by atoms with van der Waals surface area (Å²) in [6.07, 6.45) is 5.68. The number of benzene rings is 2. The molecule has 120 valence electrons. The van der Waals surface area contributed by atoms with Crippen molar-refractivity contribution in [2.75, 3.05) is 13.7 Å². The van der Waals surface area contributed by atoms with Crippen molar-refractivity contribution in [3.63, 3.8) is 0 Å². The highest BCUT2D eigenvalue weighted by atomic mass is 16.5. The van der Waals surface area contributed by atoms with Gasteiger partial charge in [-0.3, -0.25) is 0 Å². The molecular weight excluding hydrogens is 282 g/mol. The Morgan fingerprint density at radius 2 is 1.83 bits per heavy atom. The van der Waals surface area contributed by atoms with Crippen LogP contribution in [0.4, 0.5) is 0 Å². The number of ether oxygens (including phenoxy) is 1. The highest BCUT2D eigenvalue weighted by molar-refractivity contribution is 5.65. The van der Waals surface area contributed by atoms with Gasteiger partial charge in [0.1, 0.15) is 5.75 Å². The van der Waals surface area contributed by atoms with Crippen molar-refractivity contribution >= 4 is 6.08 Å². The lowest BCUT2D eigenvalue weighted by Crippen LogP contribution is -2.25. The third-order valence-corrected chi connectivity index (χ3v) is 4.45. The van der Waals surface area contributed by atoms with Gasteiger partial charge in [0.25, 0.3) is 0 Å². The van der Waals surface area contributed by atoms with Gasteiger partial charge in [0, 0.05) is 24.4 Å². The number of methoxy groups -OCH3 is 1. The lowest BCUT2D eigenvalue weighted by atomic mass is 9.93. The van der Waals surface area contributed by atoms with E-state index in [0.717, 1.165) is 38.1 Å². The van der Waals surface area contributed by atoms with Gasteiger partial charge >= 0.3 is 0 Å². The van der Waals surface area contributed by atoms with Crippen LogP contribution in [0.2, 0.25) is 0 Å². The van der Waals surface area contributed by atoms with Crippen LogP contribution >= 0.6 is 0 Å². The molecule has 0 amide bonds. The van der Waals surface area contributed by atoms with Crippen LogP contribution in [-0.4, -0.2) is 18.6 Å². The van der Waals surface area contributed by atoms with Crippen molar-refractivity contribution in [1.29, 1.82) is 0 Å². The smallest absolute Gasteiger partial charge is 0.126 e. The molecule has 0 atom stereocenters. The maximum Gasteiger partial charge on any atom is 0.126 e. The summed E-state index contributed by atoms with van der Waals surface area (Å²) >= 11 is 0. The Kier molecular flexibility index (Phi) is 5.02. The molecule has 0 saturated carbocycles.